The molecular weight excluding hydrogens is 288 g/mol. The van der Waals surface area contributed by atoms with Gasteiger partial charge in [-0.1, -0.05) is 44.2 Å². The topological polar surface area (TPSA) is 65.3 Å². The minimum absolute atomic E-state index is 0.386. The Balaban J connectivity index is 0.00000127. The van der Waals surface area contributed by atoms with E-state index in [-0.39, 0.29) is 0 Å². The summed E-state index contributed by atoms with van der Waals surface area (Å²) in [5.74, 6) is 0.686. The van der Waals surface area contributed by atoms with E-state index in [9.17, 15) is 5.11 Å². The highest BCUT2D eigenvalue weighted by Gasteiger charge is 2.05. The number of nitrogens with one attached hydrogen (secondary N) is 1. The van der Waals surface area contributed by atoms with Gasteiger partial charge in [0.05, 0.1) is 17.4 Å². The Hall–Kier alpha value is -2.51. The zero-order chi connectivity index (χ0) is 17.1. The second-order valence-electron chi connectivity index (χ2n) is 4.82. The summed E-state index contributed by atoms with van der Waals surface area (Å²) in [5, 5.41) is 21.5. The van der Waals surface area contributed by atoms with Crippen LogP contribution in [0, 0.1) is 11.3 Å². The summed E-state index contributed by atoms with van der Waals surface area (Å²) < 4.78 is 5.73. The van der Waals surface area contributed by atoms with Gasteiger partial charge in [0, 0.05) is 12.6 Å². The van der Waals surface area contributed by atoms with Crippen molar-refractivity contribution in [2.75, 3.05) is 11.9 Å². The average Bonchev–Trinajstić information content (AvgIpc) is 2.60. The molecule has 0 aliphatic carbocycles. The Bertz CT molecular complexity index is 619. The van der Waals surface area contributed by atoms with E-state index in [2.05, 4.69) is 11.4 Å². The first-order valence-corrected chi connectivity index (χ1v) is 7.82. The van der Waals surface area contributed by atoms with Gasteiger partial charge in [0.1, 0.15) is 18.4 Å². The van der Waals surface area contributed by atoms with Gasteiger partial charge >= 0.3 is 0 Å². The van der Waals surface area contributed by atoms with Gasteiger partial charge in [-0.05, 0) is 24.6 Å². The SMILES string of the molecule is CC.CC(O)CNc1cc(OCc2ccccc2)ccc1C#N. The molecule has 0 saturated carbocycles. The molecule has 0 saturated heterocycles. The normalized spacial score (nSPS) is 10.7. The van der Waals surface area contributed by atoms with Crippen LogP contribution >= 0.6 is 0 Å². The van der Waals surface area contributed by atoms with Gasteiger partial charge in [-0.2, -0.15) is 5.26 Å². The molecule has 0 heterocycles. The molecule has 0 fully saturated rings. The highest BCUT2D eigenvalue weighted by atomic mass is 16.5. The van der Waals surface area contributed by atoms with Gasteiger partial charge in [-0.15, -0.1) is 0 Å². The Morgan fingerprint density at radius 3 is 2.48 bits per heavy atom. The lowest BCUT2D eigenvalue weighted by Gasteiger charge is -2.12. The van der Waals surface area contributed by atoms with E-state index in [4.69, 9.17) is 10.00 Å². The highest BCUT2D eigenvalue weighted by Crippen LogP contribution is 2.23. The number of hydrogen-bond donors (Lipinski definition) is 2. The van der Waals surface area contributed by atoms with Crippen LogP contribution in [0.1, 0.15) is 31.9 Å². The molecule has 122 valence electrons. The van der Waals surface area contributed by atoms with Crippen molar-refractivity contribution in [2.45, 2.75) is 33.5 Å². The first-order chi connectivity index (χ1) is 11.2. The van der Waals surface area contributed by atoms with Crippen LogP contribution in [0.25, 0.3) is 0 Å². The highest BCUT2D eigenvalue weighted by molar-refractivity contribution is 5.60. The third kappa shape index (κ3) is 6.41. The number of benzene rings is 2. The van der Waals surface area contributed by atoms with Gasteiger partial charge in [-0.25, -0.2) is 0 Å². The van der Waals surface area contributed by atoms with E-state index in [1.165, 1.54) is 0 Å². The Morgan fingerprint density at radius 2 is 1.87 bits per heavy atom. The van der Waals surface area contributed by atoms with Crippen LogP contribution in [-0.2, 0) is 6.61 Å². The van der Waals surface area contributed by atoms with Gasteiger partial charge in [0.25, 0.3) is 0 Å². The average molecular weight is 312 g/mol. The molecule has 0 aliphatic heterocycles. The molecule has 0 bridgehead atoms. The van der Waals surface area contributed by atoms with E-state index in [1.54, 1.807) is 25.1 Å². The molecule has 23 heavy (non-hydrogen) atoms. The summed E-state index contributed by atoms with van der Waals surface area (Å²) in [6.45, 7) is 6.55. The fraction of sp³-hybridized carbons (Fsp3) is 0.316. The zero-order valence-electron chi connectivity index (χ0n) is 13.9. The summed E-state index contributed by atoms with van der Waals surface area (Å²) in [5.41, 5.74) is 2.28. The van der Waals surface area contributed by atoms with Gasteiger partial charge < -0.3 is 15.2 Å². The molecule has 2 N–H and O–H groups in total. The summed E-state index contributed by atoms with van der Waals surface area (Å²) >= 11 is 0. The first kappa shape index (κ1) is 18.5. The maximum Gasteiger partial charge on any atom is 0.121 e. The van der Waals surface area contributed by atoms with Gasteiger partial charge in [0.2, 0.25) is 0 Å². The molecule has 0 aliphatic rings. The van der Waals surface area contributed by atoms with Crippen LogP contribution in [0.3, 0.4) is 0 Å². The minimum Gasteiger partial charge on any atom is -0.489 e. The van der Waals surface area contributed by atoms with Crippen molar-refractivity contribution in [3.8, 4) is 11.8 Å². The van der Waals surface area contributed by atoms with E-state index >= 15 is 0 Å². The van der Waals surface area contributed by atoms with Crippen molar-refractivity contribution in [3.05, 3.63) is 59.7 Å². The van der Waals surface area contributed by atoms with Crippen LogP contribution in [0.4, 0.5) is 5.69 Å². The van der Waals surface area contributed by atoms with Crippen molar-refractivity contribution >= 4 is 5.69 Å². The summed E-state index contributed by atoms with van der Waals surface area (Å²) in [4.78, 5) is 0. The predicted molar refractivity (Wildman–Crippen MR) is 93.4 cm³/mol. The molecule has 2 aromatic carbocycles. The maximum absolute atomic E-state index is 9.32. The number of nitrogens with zero attached hydrogens (tertiary/aromatic N) is 1. The van der Waals surface area contributed by atoms with E-state index in [0.717, 1.165) is 5.56 Å². The number of aliphatic hydroxyl groups excluding tert-OH is 1. The maximum atomic E-state index is 9.32. The largest absolute Gasteiger partial charge is 0.489 e. The van der Waals surface area contributed by atoms with Crippen molar-refractivity contribution in [1.82, 2.24) is 0 Å². The molecule has 2 rings (SSSR count). The fourth-order valence-electron chi connectivity index (χ4n) is 1.86. The van der Waals surface area contributed by atoms with Crippen LogP contribution in [0.15, 0.2) is 48.5 Å². The lowest BCUT2D eigenvalue weighted by molar-refractivity contribution is 0.208. The molecule has 2 aromatic rings. The number of rotatable bonds is 6. The van der Waals surface area contributed by atoms with Crippen molar-refractivity contribution in [3.63, 3.8) is 0 Å². The quantitative estimate of drug-likeness (QED) is 0.847. The summed E-state index contributed by atoms with van der Waals surface area (Å²) in [7, 11) is 0. The van der Waals surface area contributed by atoms with E-state index in [0.29, 0.717) is 30.2 Å². The fourth-order valence-corrected chi connectivity index (χ4v) is 1.86. The Morgan fingerprint density at radius 1 is 1.17 bits per heavy atom. The predicted octanol–water partition coefficient (Wildman–Crippen LogP) is 3.96. The third-order valence-electron chi connectivity index (χ3n) is 2.95. The second kappa shape index (κ2) is 10.3. The smallest absolute Gasteiger partial charge is 0.121 e. The Kier molecular flexibility index (Phi) is 8.27. The summed E-state index contributed by atoms with van der Waals surface area (Å²) in [6.07, 6.45) is -0.481. The lowest BCUT2D eigenvalue weighted by Crippen LogP contribution is -2.16. The van der Waals surface area contributed by atoms with Crippen LogP contribution < -0.4 is 10.1 Å². The van der Waals surface area contributed by atoms with Crippen molar-refractivity contribution in [1.29, 1.82) is 5.26 Å². The van der Waals surface area contributed by atoms with E-state index < -0.39 is 6.10 Å². The minimum atomic E-state index is -0.481. The number of aliphatic hydroxyl groups is 1. The van der Waals surface area contributed by atoms with Crippen LogP contribution in [-0.4, -0.2) is 17.8 Å². The molecule has 4 nitrogen and oxygen atoms in total. The van der Waals surface area contributed by atoms with E-state index in [1.807, 2.05) is 44.2 Å². The third-order valence-corrected chi connectivity index (χ3v) is 2.95. The first-order valence-electron chi connectivity index (χ1n) is 7.82. The molecule has 4 heteroatoms. The number of hydrogen-bond acceptors (Lipinski definition) is 4. The van der Waals surface area contributed by atoms with Crippen molar-refractivity contribution < 1.29 is 9.84 Å². The van der Waals surface area contributed by atoms with Crippen LogP contribution in [0.5, 0.6) is 5.75 Å². The lowest BCUT2D eigenvalue weighted by atomic mass is 10.1. The summed E-state index contributed by atoms with van der Waals surface area (Å²) in [6, 6.07) is 17.3. The molecule has 0 spiro atoms. The molecule has 1 unspecified atom stereocenters. The molecule has 0 aromatic heterocycles. The Labute approximate surface area is 138 Å². The van der Waals surface area contributed by atoms with Gasteiger partial charge in [0.15, 0.2) is 0 Å². The number of ether oxygens (including phenoxy) is 1. The standard InChI is InChI=1S/C17H18N2O2.C2H6/c1-13(20)11-19-17-9-16(8-7-15(17)10-18)21-12-14-5-3-2-4-6-14;1-2/h2-9,13,19-20H,11-12H2,1H3;1-2H3. The number of nitriles is 1. The number of anilines is 1. The monoisotopic (exact) mass is 312 g/mol. The molecule has 0 amide bonds. The van der Waals surface area contributed by atoms with Crippen molar-refractivity contribution in [2.24, 2.45) is 0 Å². The van der Waals surface area contributed by atoms with Gasteiger partial charge in [-0.3, -0.25) is 0 Å². The van der Waals surface area contributed by atoms with Crippen LogP contribution in [0.2, 0.25) is 0 Å². The molecular formula is C19H24N2O2. The zero-order valence-corrected chi connectivity index (χ0v) is 13.9. The second-order valence-corrected chi connectivity index (χ2v) is 4.82. The molecule has 0 radical (unpaired) electrons. The molecule has 1 atom stereocenters.